The van der Waals surface area contributed by atoms with E-state index in [1.165, 1.54) is 0 Å². The van der Waals surface area contributed by atoms with Crippen molar-refractivity contribution in [3.63, 3.8) is 0 Å². The van der Waals surface area contributed by atoms with Gasteiger partial charge in [-0.2, -0.15) is 5.10 Å². The number of amides is 1. The number of aromatic nitrogens is 3. The van der Waals surface area contributed by atoms with Crippen LogP contribution in [0.5, 0.6) is 5.75 Å². The van der Waals surface area contributed by atoms with Gasteiger partial charge in [-0.25, -0.2) is 0 Å². The largest absolute Gasteiger partial charge is 0.489 e. The summed E-state index contributed by atoms with van der Waals surface area (Å²) in [4.78, 5) is 15.4. The van der Waals surface area contributed by atoms with Gasteiger partial charge >= 0.3 is 0 Å². The fourth-order valence-electron chi connectivity index (χ4n) is 2.58. The smallest absolute Gasteiger partial charge is 0.272 e. The lowest BCUT2D eigenvalue weighted by molar-refractivity contribution is 0.102. The van der Waals surface area contributed by atoms with E-state index >= 15 is 0 Å². The minimum atomic E-state index is -0.218. The zero-order chi connectivity index (χ0) is 17.1. The van der Waals surface area contributed by atoms with Crippen LogP contribution >= 0.6 is 0 Å². The highest BCUT2D eigenvalue weighted by molar-refractivity contribution is 6.05. The van der Waals surface area contributed by atoms with Crippen molar-refractivity contribution in [3.05, 3.63) is 78.2 Å². The Hall–Kier alpha value is -3.54. The molecule has 0 spiro atoms. The van der Waals surface area contributed by atoms with Crippen molar-refractivity contribution in [1.29, 1.82) is 0 Å². The Kier molecular flexibility index (Phi) is 3.92. The first-order valence-electron chi connectivity index (χ1n) is 7.87. The van der Waals surface area contributed by atoms with Crippen LogP contribution in [0.1, 0.15) is 16.1 Å². The molecule has 0 unspecified atom stereocenters. The number of aromatic amines is 2. The van der Waals surface area contributed by atoms with E-state index in [1.54, 1.807) is 12.4 Å². The number of rotatable bonds is 5. The Morgan fingerprint density at radius 2 is 2.00 bits per heavy atom. The lowest BCUT2D eigenvalue weighted by Gasteiger charge is -2.06. The monoisotopic (exact) mass is 332 g/mol. The van der Waals surface area contributed by atoms with Crippen LogP contribution in [0.3, 0.4) is 0 Å². The number of nitrogens with one attached hydrogen (secondary N) is 3. The van der Waals surface area contributed by atoms with Crippen molar-refractivity contribution in [2.24, 2.45) is 0 Å². The second-order valence-electron chi connectivity index (χ2n) is 5.65. The molecule has 25 heavy (non-hydrogen) atoms. The van der Waals surface area contributed by atoms with E-state index in [1.807, 2.05) is 54.6 Å². The molecule has 0 saturated heterocycles. The van der Waals surface area contributed by atoms with E-state index in [-0.39, 0.29) is 5.91 Å². The Balaban J connectivity index is 1.50. The number of nitrogens with zero attached hydrogens (tertiary/aromatic N) is 1. The van der Waals surface area contributed by atoms with Gasteiger partial charge < -0.3 is 15.0 Å². The number of H-pyrrole nitrogens is 2. The minimum absolute atomic E-state index is 0.218. The summed E-state index contributed by atoms with van der Waals surface area (Å²) in [5, 5.41) is 10.2. The highest BCUT2D eigenvalue weighted by Gasteiger charge is 2.11. The number of fused-ring (bicyclic) bond motifs is 1. The maximum Gasteiger partial charge on any atom is 0.272 e. The zero-order valence-corrected chi connectivity index (χ0v) is 13.3. The van der Waals surface area contributed by atoms with Gasteiger partial charge in [0.25, 0.3) is 5.91 Å². The molecular formula is C19H16N4O2. The molecule has 0 aliphatic rings. The van der Waals surface area contributed by atoms with Crippen molar-refractivity contribution in [3.8, 4) is 5.75 Å². The summed E-state index contributed by atoms with van der Waals surface area (Å²) in [6.45, 7) is 0.501. The van der Waals surface area contributed by atoms with E-state index in [9.17, 15) is 4.79 Å². The first-order chi connectivity index (χ1) is 12.3. The number of anilines is 1. The molecule has 1 amide bonds. The zero-order valence-electron chi connectivity index (χ0n) is 13.3. The van der Waals surface area contributed by atoms with Gasteiger partial charge in [0.2, 0.25) is 0 Å². The number of benzene rings is 2. The van der Waals surface area contributed by atoms with Crippen LogP contribution in [0.4, 0.5) is 5.69 Å². The summed E-state index contributed by atoms with van der Waals surface area (Å²) in [7, 11) is 0. The van der Waals surface area contributed by atoms with E-state index in [4.69, 9.17) is 4.74 Å². The van der Waals surface area contributed by atoms with Gasteiger partial charge in [0, 0.05) is 23.2 Å². The number of carbonyl (C=O) groups is 1. The second-order valence-corrected chi connectivity index (χ2v) is 5.65. The Labute approximate surface area is 143 Å². The molecule has 2 aromatic heterocycles. The third-order valence-electron chi connectivity index (χ3n) is 3.84. The fraction of sp³-hybridized carbons (Fsp3) is 0.0526. The molecule has 0 aliphatic carbocycles. The van der Waals surface area contributed by atoms with Crippen LogP contribution in [0.2, 0.25) is 0 Å². The molecule has 124 valence electrons. The highest BCUT2D eigenvalue weighted by Crippen LogP contribution is 2.22. The molecule has 0 aliphatic heterocycles. The summed E-state index contributed by atoms with van der Waals surface area (Å²) in [5.41, 5.74) is 3.06. The van der Waals surface area contributed by atoms with E-state index in [2.05, 4.69) is 20.5 Å². The Morgan fingerprint density at radius 1 is 1.12 bits per heavy atom. The van der Waals surface area contributed by atoms with Crippen LogP contribution in [0, 0.1) is 0 Å². The molecule has 0 radical (unpaired) electrons. The molecule has 0 atom stereocenters. The lowest BCUT2D eigenvalue weighted by Crippen LogP contribution is -2.11. The minimum Gasteiger partial charge on any atom is -0.489 e. The van der Waals surface area contributed by atoms with E-state index in [0.717, 1.165) is 22.2 Å². The van der Waals surface area contributed by atoms with Crippen LogP contribution in [0.15, 0.2) is 67.0 Å². The summed E-state index contributed by atoms with van der Waals surface area (Å²) >= 11 is 0. The first-order valence-corrected chi connectivity index (χ1v) is 7.87. The molecule has 4 aromatic rings. The van der Waals surface area contributed by atoms with Gasteiger partial charge in [-0.3, -0.25) is 9.89 Å². The molecule has 0 fully saturated rings. The molecule has 4 rings (SSSR count). The molecule has 0 bridgehead atoms. The number of hydrogen-bond donors (Lipinski definition) is 3. The maximum absolute atomic E-state index is 12.3. The van der Waals surface area contributed by atoms with Crippen molar-refractivity contribution in [2.45, 2.75) is 6.61 Å². The SMILES string of the molecule is O=C(Nc1cn[nH]c1)c1cc2ccc(OCc3ccccc3)cc2[nH]1. The lowest BCUT2D eigenvalue weighted by atomic mass is 10.2. The summed E-state index contributed by atoms with van der Waals surface area (Å²) < 4.78 is 5.82. The molecule has 3 N–H and O–H groups in total. The predicted molar refractivity (Wildman–Crippen MR) is 95.6 cm³/mol. The third-order valence-corrected chi connectivity index (χ3v) is 3.84. The first kappa shape index (κ1) is 15.0. The van der Waals surface area contributed by atoms with Crippen molar-refractivity contribution >= 4 is 22.5 Å². The van der Waals surface area contributed by atoms with Gasteiger partial charge in [0.05, 0.1) is 11.9 Å². The van der Waals surface area contributed by atoms with Gasteiger partial charge in [-0.1, -0.05) is 30.3 Å². The van der Waals surface area contributed by atoms with E-state index in [0.29, 0.717) is 18.0 Å². The standard InChI is InChI=1S/C19H16N4O2/c24-19(22-15-10-20-21-11-15)18-8-14-6-7-16(9-17(14)23-18)25-12-13-4-2-1-3-5-13/h1-11,23H,12H2,(H,20,21)(H,22,24). The summed E-state index contributed by atoms with van der Waals surface area (Å²) in [6, 6.07) is 17.5. The van der Waals surface area contributed by atoms with Gasteiger partial charge in [0.1, 0.15) is 18.1 Å². The van der Waals surface area contributed by atoms with E-state index < -0.39 is 0 Å². The summed E-state index contributed by atoms with van der Waals surface area (Å²) in [6.07, 6.45) is 3.17. The van der Waals surface area contributed by atoms with Crippen LogP contribution in [-0.4, -0.2) is 21.1 Å². The Bertz CT molecular complexity index is 991. The highest BCUT2D eigenvalue weighted by atomic mass is 16.5. The molecule has 2 aromatic carbocycles. The van der Waals surface area contributed by atoms with Crippen LogP contribution < -0.4 is 10.1 Å². The van der Waals surface area contributed by atoms with Gasteiger partial charge in [0.15, 0.2) is 0 Å². The van der Waals surface area contributed by atoms with Crippen molar-refractivity contribution in [1.82, 2.24) is 15.2 Å². The van der Waals surface area contributed by atoms with Crippen LogP contribution in [0.25, 0.3) is 10.9 Å². The average Bonchev–Trinajstić information content (AvgIpc) is 3.29. The molecular weight excluding hydrogens is 316 g/mol. The predicted octanol–water partition coefficient (Wildman–Crippen LogP) is 3.72. The fourth-order valence-corrected chi connectivity index (χ4v) is 2.58. The second kappa shape index (κ2) is 6.52. The molecule has 0 saturated carbocycles. The molecule has 2 heterocycles. The number of carbonyl (C=O) groups excluding carboxylic acids is 1. The average molecular weight is 332 g/mol. The van der Waals surface area contributed by atoms with Crippen molar-refractivity contribution in [2.75, 3.05) is 5.32 Å². The van der Waals surface area contributed by atoms with Crippen molar-refractivity contribution < 1.29 is 9.53 Å². The van der Waals surface area contributed by atoms with Gasteiger partial charge in [-0.05, 0) is 23.8 Å². The normalized spacial score (nSPS) is 10.7. The maximum atomic E-state index is 12.3. The number of ether oxygens (including phenoxy) is 1. The number of hydrogen-bond acceptors (Lipinski definition) is 3. The third kappa shape index (κ3) is 3.37. The topological polar surface area (TPSA) is 82.8 Å². The van der Waals surface area contributed by atoms with Gasteiger partial charge in [-0.15, -0.1) is 0 Å². The molecule has 6 nitrogen and oxygen atoms in total. The summed E-state index contributed by atoms with van der Waals surface area (Å²) in [5.74, 6) is 0.532. The van der Waals surface area contributed by atoms with Crippen LogP contribution in [-0.2, 0) is 6.61 Å². The quantitative estimate of drug-likeness (QED) is 0.521. The Morgan fingerprint density at radius 3 is 2.80 bits per heavy atom. The molecule has 6 heteroatoms.